The van der Waals surface area contributed by atoms with Crippen molar-refractivity contribution in [1.82, 2.24) is 9.55 Å². The fourth-order valence-corrected chi connectivity index (χ4v) is 3.13. The molecule has 0 radical (unpaired) electrons. The van der Waals surface area contributed by atoms with Crippen molar-refractivity contribution in [3.8, 4) is 5.69 Å². The Morgan fingerprint density at radius 3 is 2.61 bits per heavy atom. The summed E-state index contributed by atoms with van der Waals surface area (Å²) in [5.74, 6) is 0.654. The highest BCUT2D eigenvalue weighted by Crippen LogP contribution is 2.23. The lowest BCUT2D eigenvalue weighted by molar-refractivity contribution is 0.901. The van der Waals surface area contributed by atoms with Gasteiger partial charge in [-0.05, 0) is 36.6 Å². The lowest BCUT2D eigenvalue weighted by Crippen LogP contribution is -2.22. The summed E-state index contributed by atoms with van der Waals surface area (Å²) in [7, 11) is 0. The largest absolute Gasteiger partial charge is 0.268 e. The van der Waals surface area contributed by atoms with Crippen molar-refractivity contribution in [1.29, 1.82) is 0 Å². The second-order valence-corrected chi connectivity index (χ2v) is 5.90. The molecule has 4 aromatic rings. The SMILES string of the molecule is Cc1nc2ccc(Cl)cc2c(=O)n1-c1cccc2ccccc12. The molecule has 1 heterocycles. The lowest BCUT2D eigenvalue weighted by atomic mass is 10.1. The maximum atomic E-state index is 13.0. The maximum absolute atomic E-state index is 13.0. The summed E-state index contributed by atoms with van der Waals surface area (Å²) < 4.78 is 1.65. The van der Waals surface area contributed by atoms with Gasteiger partial charge in [-0.2, -0.15) is 0 Å². The third-order valence-electron chi connectivity index (χ3n) is 4.01. The zero-order valence-electron chi connectivity index (χ0n) is 12.5. The van der Waals surface area contributed by atoms with Crippen LogP contribution in [0.15, 0.2) is 65.5 Å². The lowest BCUT2D eigenvalue weighted by Gasteiger charge is -2.13. The fourth-order valence-electron chi connectivity index (χ4n) is 2.96. The molecule has 3 aromatic carbocycles. The first-order chi connectivity index (χ1) is 11.1. The Kier molecular flexibility index (Phi) is 3.17. The van der Waals surface area contributed by atoms with E-state index in [-0.39, 0.29) is 5.56 Å². The van der Waals surface area contributed by atoms with Gasteiger partial charge in [-0.1, -0.05) is 48.0 Å². The highest BCUT2D eigenvalue weighted by atomic mass is 35.5. The van der Waals surface area contributed by atoms with Gasteiger partial charge < -0.3 is 0 Å². The Labute approximate surface area is 137 Å². The molecular weight excluding hydrogens is 308 g/mol. The Bertz CT molecular complexity index is 1110. The van der Waals surface area contributed by atoms with Gasteiger partial charge in [0.05, 0.1) is 16.6 Å². The number of nitrogens with zero attached hydrogens (tertiary/aromatic N) is 2. The van der Waals surface area contributed by atoms with Crippen LogP contribution < -0.4 is 5.56 Å². The highest BCUT2D eigenvalue weighted by molar-refractivity contribution is 6.31. The normalized spacial score (nSPS) is 11.2. The van der Waals surface area contributed by atoms with E-state index in [0.29, 0.717) is 21.7 Å². The molecule has 0 fully saturated rings. The van der Waals surface area contributed by atoms with E-state index in [9.17, 15) is 4.79 Å². The summed E-state index contributed by atoms with van der Waals surface area (Å²) in [6, 6.07) is 19.1. The third kappa shape index (κ3) is 2.21. The number of benzene rings is 3. The van der Waals surface area contributed by atoms with Crippen molar-refractivity contribution in [2.75, 3.05) is 0 Å². The molecule has 1 aromatic heterocycles. The molecule has 4 heteroatoms. The molecule has 0 saturated carbocycles. The third-order valence-corrected chi connectivity index (χ3v) is 4.24. The quantitative estimate of drug-likeness (QED) is 0.517. The Morgan fingerprint density at radius 1 is 0.957 bits per heavy atom. The molecule has 0 aliphatic rings. The predicted molar refractivity (Wildman–Crippen MR) is 94.6 cm³/mol. The van der Waals surface area contributed by atoms with Crippen molar-refractivity contribution in [3.05, 3.63) is 81.9 Å². The zero-order valence-corrected chi connectivity index (χ0v) is 13.2. The summed E-state index contributed by atoms with van der Waals surface area (Å²) in [6.45, 7) is 1.84. The number of aryl methyl sites for hydroxylation is 1. The number of fused-ring (bicyclic) bond motifs is 2. The fraction of sp³-hybridized carbons (Fsp3) is 0.0526. The molecule has 0 aliphatic heterocycles. The van der Waals surface area contributed by atoms with Crippen LogP contribution in [0, 0.1) is 6.92 Å². The van der Waals surface area contributed by atoms with Gasteiger partial charge in [-0.15, -0.1) is 0 Å². The van der Waals surface area contributed by atoms with E-state index < -0.39 is 0 Å². The Hall–Kier alpha value is -2.65. The number of hydrogen-bond donors (Lipinski definition) is 0. The van der Waals surface area contributed by atoms with Gasteiger partial charge in [-0.3, -0.25) is 9.36 Å². The summed E-state index contributed by atoms with van der Waals surface area (Å²) in [5, 5.41) is 3.16. The summed E-state index contributed by atoms with van der Waals surface area (Å²) in [5.41, 5.74) is 1.39. The van der Waals surface area contributed by atoms with E-state index in [1.165, 1.54) is 0 Å². The molecule has 0 N–H and O–H groups in total. The molecular formula is C19H13ClN2O. The van der Waals surface area contributed by atoms with Gasteiger partial charge >= 0.3 is 0 Å². The standard InChI is InChI=1S/C19H13ClN2O/c1-12-21-17-10-9-14(20)11-16(17)19(23)22(12)18-8-4-6-13-5-2-3-7-15(13)18/h2-11H,1H3. The van der Waals surface area contributed by atoms with Crippen LogP contribution in [0.3, 0.4) is 0 Å². The van der Waals surface area contributed by atoms with E-state index >= 15 is 0 Å². The van der Waals surface area contributed by atoms with Gasteiger partial charge in [0.25, 0.3) is 5.56 Å². The van der Waals surface area contributed by atoms with E-state index in [2.05, 4.69) is 4.98 Å². The second-order valence-electron chi connectivity index (χ2n) is 5.46. The van der Waals surface area contributed by atoms with Crippen molar-refractivity contribution in [2.24, 2.45) is 0 Å². The van der Waals surface area contributed by atoms with Gasteiger partial charge in [0.15, 0.2) is 0 Å². The van der Waals surface area contributed by atoms with Crippen LogP contribution in [0.25, 0.3) is 27.4 Å². The van der Waals surface area contributed by atoms with Gasteiger partial charge in [-0.25, -0.2) is 4.98 Å². The van der Waals surface area contributed by atoms with Crippen molar-refractivity contribution in [3.63, 3.8) is 0 Å². The second kappa shape index (κ2) is 5.21. The Balaban J connectivity index is 2.15. The van der Waals surface area contributed by atoms with E-state index in [4.69, 9.17) is 11.6 Å². The highest BCUT2D eigenvalue weighted by Gasteiger charge is 2.12. The number of aromatic nitrogens is 2. The van der Waals surface area contributed by atoms with Crippen LogP contribution in [0.4, 0.5) is 0 Å². The minimum absolute atomic E-state index is 0.105. The van der Waals surface area contributed by atoms with Gasteiger partial charge in [0, 0.05) is 10.4 Å². The smallest absolute Gasteiger partial charge is 0.266 e. The minimum atomic E-state index is -0.105. The molecule has 0 saturated heterocycles. The first-order valence-electron chi connectivity index (χ1n) is 7.32. The average Bonchev–Trinajstić information content (AvgIpc) is 2.56. The molecule has 0 atom stereocenters. The van der Waals surface area contributed by atoms with Crippen molar-refractivity contribution in [2.45, 2.75) is 6.92 Å². The molecule has 0 spiro atoms. The van der Waals surface area contributed by atoms with Crippen molar-refractivity contribution < 1.29 is 0 Å². The van der Waals surface area contributed by atoms with Crippen LogP contribution >= 0.6 is 11.6 Å². The number of rotatable bonds is 1. The molecule has 23 heavy (non-hydrogen) atoms. The molecule has 3 nitrogen and oxygen atoms in total. The molecule has 0 unspecified atom stereocenters. The van der Waals surface area contributed by atoms with Gasteiger partial charge in [0.2, 0.25) is 0 Å². The first kappa shape index (κ1) is 14.0. The topological polar surface area (TPSA) is 34.9 Å². The number of hydrogen-bond acceptors (Lipinski definition) is 2. The van der Waals surface area contributed by atoms with Crippen molar-refractivity contribution >= 4 is 33.3 Å². The molecule has 0 bridgehead atoms. The summed E-state index contributed by atoms with van der Waals surface area (Å²) >= 11 is 6.05. The Morgan fingerprint density at radius 2 is 1.74 bits per heavy atom. The molecule has 0 amide bonds. The molecule has 4 rings (SSSR count). The van der Waals surface area contributed by atoms with E-state index in [1.54, 1.807) is 22.8 Å². The van der Waals surface area contributed by atoms with Gasteiger partial charge in [0.1, 0.15) is 5.82 Å². The van der Waals surface area contributed by atoms with E-state index in [0.717, 1.165) is 16.5 Å². The first-order valence-corrected chi connectivity index (χ1v) is 7.70. The minimum Gasteiger partial charge on any atom is -0.268 e. The van der Waals surface area contributed by atoms with Crippen LogP contribution in [-0.2, 0) is 0 Å². The van der Waals surface area contributed by atoms with Crippen LogP contribution in [0.1, 0.15) is 5.82 Å². The average molecular weight is 321 g/mol. The van der Waals surface area contributed by atoms with E-state index in [1.807, 2.05) is 49.4 Å². The van der Waals surface area contributed by atoms with Crippen LogP contribution in [0.5, 0.6) is 0 Å². The molecule has 112 valence electrons. The summed E-state index contributed by atoms with van der Waals surface area (Å²) in [4.78, 5) is 17.6. The summed E-state index contributed by atoms with van der Waals surface area (Å²) in [6.07, 6.45) is 0. The zero-order chi connectivity index (χ0) is 16.0. The van der Waals surface area contributed by atoms with Crippen LogP contribution in [0.2, 0.25) is 5.02 Å². The predicted octanol–water partition coefficient (Wildman–Crippen LogP) is 4.50. The molecule has 0 aliphatic carbocycles. The monoisotopic (exact) mass is 320 g/mol. The van der Waals surface area contributed by atoms with Crippen LogP contribution in [-0.4, -0.2) is 9.55 Å². The maximum Gasteiger partial charge on any atom is 0.266 e. The number of halogens is 1.